The van der Waals surface area contributed by atoms with E-state index in [0.29, 0.717) is 18.7 Å². The van der Waals surface area contributed by atoms with E-state index in [0.717, 1.165) is 12.8 Å². The first kappa shape index (κ1) is 12.1. The summed E-state index contributed by atoms with van der Waals surface area (Å²) in [5.74, 6) is 0.677. The molecule has 4 nitrogen and oxygen atoms in total. The van der Waals surface area contributed by atoms with Crippen LogP contribution in [0.15, 0.2) is 22.7 Å². The molecule has 0 aromatic carbocycles. The molecule has 0 aliphatic carbocycles. The van der Waals surface area contributed by atoms with E-state index in [1.807, 2.05) is 13.0 Å². The highest BCUT2D eigenvalue weighted by Gasteiger charge is 2.17. The lowest BCUT2D eigenvalue weighted by Gasteiger charge is -2.02. The zero-order valence-corrected chi connectivity index (χ0v) is 10.6. The number of oxime groups is 1. The molecule has 0 bridgehead atoms. The second kappa shape index (κ2) is 5.82. The van der Waals surface area contributed by atoms with Crippen molar-refractivity contribution >= 4 is 23.1 Å². The molecule has 1 aromatic rings. The topological polar surface area (TPSA) is 50.7 Å². The molecule has 17 heavy (non-hydrogen) atoms. The van der Waals surface area contributed by atoms with Crippen LogP contribution in [0.5, 0.6) is 0 Å². The van der Waals surface area contributed by atoms with Crippen LogP contribution in [-0.2, 0) is 16.1 Å². The van der Waals surface area contributed by atoms with E-state index < -0.39 is 0 Å². The predicted octanol–water partition coefficient (Wildman–Crippen LogP) is 2.31. The molecule has 1 aliphatic heterocycles. The molecule has 2 heterocycles. The van der Waals surface area contributed by atoms with Gasteiger partial charge in [0.25, 0.3) is 0 Å². The van der Waals surface area contributed by atoms with Crippen molar-refractivity contribution < 1.29 is 9.63 Å². The van der Waals surface area contributed by atoms with Crippen molar-refractivity contribution in [3.63, 3.8) is 0 Å². The first-order valence-electron chi connectivity index (χ1n) is 5.79. The zero-order valence-electron chi connectivity index (χ0n) is 9.81. The standard InChI is InChI=1S/C12H16N2O2S/c1-9-8-11(14-16-9)13-12(15)6-2-4-10-5-3-7-17-10/h3,5,7,9H,2,4,6,8H2,1H3,(H,13,14,15). The number of hydrogen-bond acceptors (Lipinski definition) is 4. The number of rotatable bonds is 4. The molecule has 0 saturated carbocycles. The molecular formula is C12H16N2O2S. The van der Waals surface area contributed by atoms with Crippen LogP contribution in [0.2, 0.25) is 0 Å². The van der Waals surface area contributed by atoms with Gasteiger partial charge in [-0.05, 0) is 31.2 Å². The number of amidine groups is 1. The molecule has 2 rings (SSSR count). The van der Waals surface area contributed by atoms with Gasteiger partial charge in [0.05, 0.1) is 0 Å². The van der Waals surface area contributed by atoms with E-state index in [9.17, 15) is 4.79 Å². The monoisotopic (exact) mass is 252 g/mol. The fourth-order valence-electron chi connectivity index (χ4n) is 1.68. The van der Waals surface area contributed by atoms with Crippen molar-refractivity contribution in [1.29, 1.82) is 0 Å². The lowest BCUT2D eigenvalue weighted by Crippen LogP contribution is -2.29. The highest BCUT2D eigenvalue weighted by atomic mass is 32.1. The van der Waals surface area contributed by atoms with Crippen LogP contribution < -0.4 is 5.32 Å². The van der Waals surface area contributed by atoms with Crippen LogP contribution in [-0.4, -0.2) is 17.8 Å². The summed E-state index contributed by atoms with van der Waals surface area (Å²) in [6.45, 7) is 1.93. The van der Waals surface area contributed by atoms with Crippen LogP contribution in [0.25, 0.3) is 0 Å². The van der Waals surface area contributed by atoms with Gasteiger partial charge in [0.2, 0.25) is 5.91 Å². The molecule has 1 unspecified atom stereocenters. The summed E-state index contributed by atoms with van der Waals surface area (Å²) in [5, 5.41) is 8.64. The Morgan fingerprint density at radius 3 is 3.24 bits per heavy atom. The maximum absolute atomic E-state index is 11.6. The van der Waals surface area contributed by atoms with Gasteiger partial charge in [0, 0.05) is 17.7 Å². The van der Waals surface area contributed by atoms with Gasteiger partial charge in [-0.25, -0.2) is 0 Å². The van der Waals surface area contributed by atoms with Gasteiger partial charge in [-0.2, -0.15) is 0 Å². The minimum Gasteiger partial charge on any atom is -0.391 e. The number of nitrogens with one attached hydrogen (secondary N) is 1. The third-order valence-electron chi connectivity index (χ3n) is 2.51. The highest BCUT2D eigenvalue weighted by Crippen LogP contribution is 2.12. The minimum absolute atomic E-state index is 0.0259. The number of thiophene rings is 1. The molecule has 1 aliphatic rings. The van der Waals surface area contributed by atoms with Crippen LogP contribution in [0.1, 0.15) is 31.1 Å². The summed E-state index contributed by atoms with van der Waals surface area (Å²) in [5.41, 5.74) is 0. The largest absolute Gasteiger partial charge is 0.391 e. The van der Waals surface area contributed by atoms with Crippen LogP contribution >= 0.6 is 11.3 Å². The second-order valence-electron chi connectivity index (χ2n) is 4.14. The number of amides is 1. The first-order chi connectivity index (χ1) is 8.24. The van der Waals surface area contributed by atoms with Crippen molar-refractivity contribution in [3.8, 4) is 0 Å². The summed E-state index contributed by atoms with van der Waals surface area (Å²) < 4.78 is 0. The molecule has 92 valence electrons. The van der Waals surface area contributed by atoms with Crippen molar-refractivity contribution in [2.75, 3.05) is 0 Å². The van der Waals surface area contributed by atoms with Crippen molar-refractivity contribution in [2.45, 2.75) is 38.7 Å². The van der Waals surface area contributed by atoms with E-state index in [1.54, 1.807) is 11.3 Å². The van der Waals surface area contributed by atoms with Gasteiger partial charge in [0.1, 0.15) is 6.10 Å². The summed E-state index contributed by atoms with van der Waals surface area (Å²) >= 11 is 1.73. The Bertz CT molecular complexity index is 401. The lowest BCUT2D eigenvalue weighted by atomic mass is 10.2. The highest BCUT2D eigenvalue weighted by molar-refractivity contribution is 7.09. The fraction of sp³-hybridized carbons (Fsp3) is 0.500. The molecule has 0 spiro atoms. The average Bonchev–Trinajstić information content (AvgIpc) is 2.90. The van der Waals surface area contributed by atoms with Crippen molar-refractivity contribution in [1.82, 2.24) is 5.32 Å². The molecule has 1 amide bonds. The quantitative estimate of drug-likeness (QED) is 0.894. The number of nitrogens with zero attached hydrogens (tertiary/aromatic N) is 1. The predicted molar refractivity (Wildman–Crippen MR) is 68.0 cm³/mol. The molecule has 0 radical (unpaired) electrons. The summed E-state index contributed by atoms with van der Waals surface area (Å²) in [4.78, 5) is 17.9. The number of aryl methyl sites for hydroxylation is 1. The Morgan fingerprint density at radius 1 is 1.71 bits per heavy atom. The Labute approximate surface area is 105 Å². The molecular weight excluding hydrogens is 236 g/mol. The Balaban J connectivity index is 1.64. The van der Waals surface area contributed by atoms with Gasteiger partial charge in [-0.3, -0.25) is 4.79 Å². The van der Waals surface area contributed by atoms with Crippen molar-refractivity contribution in [2.24, 2.45) is 5.16 Å². The van der Waals surface area contributed by atoms with Crippen molar-refractivity contribution in [3.05, 3.63) is 22.4 Å². The maximum Gasteiger partial charge on any atom is 0.225 e. The SMILES string of the molecule is CC1CC(NC(=O)CCCc2cccs2)=NO1. The van der Waals surface area contributed by atoms with Gasteiger partial charge >= 0.3 is 0 Å². The molecule has 1 aromatic heterocycles. The molecule has 1 atom stereocenters. The minimum atomic E-state index is 0.0259. The molecule has 1 N–H and O–H groups in total. The fourth-order valence-corrected chi connectivity index (χ4v) is 2.43. The third-order valence-corrected chi connectivity index (χ3v) is 3.45. The van der Waals surface area contributed by atoms with E-state index in [2.05, 4.69) is 21.9 Å². The van der Waals surface area contributed by atoms with E-state index in [4.69, 9.17) is 4.84 Å². The number of carbonyl (C=O) groups is 1. The smallest absolute Gasteiger partial charge is 0.225 e. The van der Waals surface area contributed by atoms with E-state index in [-0.39, 0.29) is 12.0 Å². The van der Waals surface area contributed by atoms with Crippen LogP contribution in [0.3, 0.4) is 0 Å². The van der Waals surface area contributed by atoms with E-state index >= 15 is 0 Å². The molecule has 0 saturated heterocycles. The van der Waals surface area contributed by atoms with Gasteiger partial charge in [-0.1, -0.05) is 11.2 Å². The number of hydrogen-bond donors (Lipinski definition) is 1. The van der Waals surface area contributed by atoms with Gasteiger partial charge in [-0.15, -0.1) is 11.3 Å². The average molecular weight is 252 g/mol. The summed E-state index contributed by atoms with van der Waals surface area (Å²) in [6.07, 6.45) is 3.14. The lowest BCUT2D eigenvalue weighted by molar-refractivity contribution is -0.119. The zero-order chi connectivity index (χ0) is 12.1. The van der Waals surface area contributed by atoms with Crippen LogP contribution in [0.4, 0.5) is 0 Å². The maximum atomic E-state index is 11.6. The van der Waals surface area contributed by atoms with E-state index in [1.165, 1.54) is 4.88 Å². The molecule has 0 fully saturated rings. The van der Waals surface area contributed by atoms with Gasteiger partial charge in [0.15, 0.2) is 5.84 Å². The Hall–Kier alpha value is -1.36. The Morgan fingerprint density at radius 2 is 2.59 bits per heavy atom. The number of carbonyl (C=O) groups excluding carboxylic acids is 1. The van der Waals surface area contributed by atoms with Crippen LogP contribution in [0, 0.1) is 0 Å². The summed E-state index contributed by atoms with van der Waals surface area (Å²) in [6, 6.07) is 4.13. The normalized spacial score (nSPS) is 18.6. The van der Waals surface area contributed by atoms with Gasteiger partial charge < -0.3 is 10.2 Å². The molecule has 5 heteroatoms. The summed E-state index contributed by atoms with van der Waals surface area (Å²) in [7, 11) is 0. The third kappa shape index (κ3) is 3.85. The first-order valence-corrected chi connectivity index (χ1v) is 6.67. The Kier molecular flexibility index (Phi) is 4.14. The second-order valence-corrected chi connectivity index (χ2v) is 5.17.